The SMILES string of the molecule is C[C@H](CCCCO)[C@@]1(O)CC[C@H]2[C@@H]3CCC4CCCC[C@]4(C)[C@H]3CC[C@@]21C. The predicted octanol–water partition coefficient (Wildman–Crippen LogP) is 5.95. The highest BCUT2D eigenvalue weighted by molar-refractivity contribution is 5.14. The molecule has 1 unspecified atom stereocenters. The van der Waals surface area contributed by atoms with E-state index in [9.17, 15) is 5.11 Å². The predicted molar refractivity (Wildman–Crippen MR) is 111 cm³/mol. The summed E-state index contributed by atoms with van der Waals surface area (Å²) >= 11 is 0. The van der Waals surface area contributed by atoms with E-state index in [1.54, 1.807) is 0 Å². The van der Waals surface area contributed by atoms with Gasteiger partial charge in [0, 0.05) is 6.61 Å². The van der Waals surface area contributed by atoms with Crippen LogP contribution in [-0.2, 0) is 0 Å². The highest BCUT2D eigenvalue weighted by Gasteiger charge is 2.65. The zero-order chi connectivity index (χ0) is 19.3. The molecule has 0 spiro atoms. The highest BCUT2D eigenvalue weighted by atomic mass is 16.3. The number of hydrogen-bond donors (Lipinski definition) is 2. The van der Waals surface area contributed by atoms with E-state index >= 15 is 0 Å². The van der Waals surface area contributed by atoms with E-state index in [4.69, 9.17) is 5.11 Å². The smallest absolute Gasteiger partial charge is 0.0729 e. The molecule has 2 heteroatoms. The molecule has 4 aliphatic rings. The van der Waals surface area contributed by atoms with Crippen LogP contribution in [0.25, 0.3) is 0 Å². The van der Waals surface area contributed by atoms with Crippen molar-refractivity contribution in [3.63, 3.8) is 0 Å². The molecule has 0 radical (unpaired) electrons. The third-order valence-corrected chi connectivity index (χ3v) is 10.7. The summed E-state index contributed by atoms with van der Waals surface area (Å²) in [5.74, 6) is 3.86. The molecule has 0 bridgehead atoms. The van der Waals surface area contributed by atoms with E-state index in [2.05, 4.69) is 20.8 Å². The van der Waals surface area contributed by atoms with Crippen LogP contribution in [0.3, 0.4) is 0 Å². The van der Waals surface area contributed by atoms with Gasteiger partial charge in [-0.1, -0.05) is 40.0 Å². The molecule has 0 aromatic carbocycles. The van der Waals surface area contributed by atoms with Gasteiger partial charge < -0.3 is 10.2 Å². The van der Waals surface area contributed by atoms with Crippen LogP contribution in [-0.4, -0.2) is 22.4 Å². The van der Waals surface area contributed by atoms with Crippen molar-refractivity contribution in [1.82, 2.24) is 0 Å². The zero-order valence-corrected chi connectivity index (χ0v) is 18.2. The summed E-state index contributed by atoms with van der Waals surface area (Å²) < 4.78 is 0. The minimum Gasteiger partial charge on any atom is -0.396 e. The van der Waals surface area contributed by atoms with Crippen LogP contribution >= 0.6 is 0 Å². The van der Waals surface area contributed by atoms with Crippen molar-refractivity contribution in [2.24, 2.45) is 40.4 Å². The number of rotatable bonds is 5. The van der Waals surface area contributed by atoms with E-state index in [-0.39, 0.29) is 12.0 Å². The first-order valence-corrected chi connectivity index (χ1v) is 12.2. The van der Waals surface area contributed by atoms with Crippen molar-refractivity contribution >= 4 is 0 Å². The summed E-state index contributed by atoms with van der Waals surface area (Å²) in [6.07, 6.45) is 16.6. The molecule has 4 aliphatic carbocycles. The van der Waals surface area contributed by atoms with Crippen LogP contribution in [0.15, 0.2) is 0 Å². The van der Waals surface area contributed by atoms with Gasteiger partial charge in [-0.15, -0.1) is 0 Å². The highest BCUT2D eigenvalue weighted by Crippen LogP contribution is 2.69. The normalized spacial score (nSPS) is 50.6. The molecule has 0 saturated heterocycles. The molecule has 0 heterocycles. The molecule has 2 nitrogen and oxygen atoms in total. The topological polar surface area (TPSA) is 40.5 Å². The van der Waals surface area contributed by atoms with Crippen LogP contribution in [0.2, 0.25) is 0 Å². The first-order chi connectivity index (χ1) is 12.9. The molecule has 27 heavy (non-hydrogen) atoms. The largest absolute Gasteiger partial charge is 0.396 e. The zero-order valence-electron chi connectivity index (χ0n) is 18.2. The molecular formula is C25H44O2. The fourth-order valence-electron chi connectivity index (χ4n) is 8.96. The Labute approximate surface area is 167 Å². The molecule has 8 atom stereocenters. The molecular weight excluding hydrogens is 332 g/mol. The Morgan fingerprint density at radius 1 is 0.889 bits per heavy atom. The minimum absolute atomic E-state index is 0.116. The van der Waals surface area contributed by atoms with Crippen molar-refractivity contribution in [3.8, 4) is 0 Å². The van der Waals surface area contributed by atoms with Crippen molar-refractivity contribution in [2.75, 3.05) is 6.61 Å². The fourth-order valence-corrected chi connectivity index (χ4v) is 8.96. The van der Waals surface area contributed by atoms with Crippen molar-refractivity contribution < 1.29 is 10.2 Å². The molecule has 0 amide bonds. The van der Waals surface area contributed by atoms with Gasteiger partial charge in [0.05, 0.1) is 5.60 Å². The van der Waals surface area contributed by atoms with E-state index in [1.165, 1.54) is 57.8 Å². The van der Waals surface area contributed by atoms with Gasteiger partial charge in [-0.05, 0) is 105 Å². The Hall–Kier alpha value is -0.0800. The monoisotopic (exact) mass is 376 g/mol. The van der Waals surface area contributed by atoms with Crippen LogP contribution in [0.5, 0.6) is 0 Å². The second-order valence-electron chi connectivity index (χ2n) is 11.4. The van der Waals surface area contributed by atoms with Crippen LogP contribution in [0.1, 0.15) is 104 Å². The maximum Gasteiger partial charge on any atom is 0.0729 e. The maximum absolute atomic E-state index is 11.9. The van der Waals surface area contributed by atoms with Gasteiger partial charge in [-0.3, -0.25) is 0 Å². The van der Waals surface area contributed by atoms with Gasteiger partial charge in [0.15, 0.2) is 0 Å². The minimum atomic E-state index is -0.484. The Kier molecular flexibility index (Phi) is 5.47. The van der Waals surface area contributed by atoms with Gasteiger partial charge in [0.1, 0.15) is 0 Å². The lowest BCUT2D eigenvalue weighted by molar-refractivity contribution is -0.169. The first kappa shape index (κ1) is 20.2. The van der Waals surface area contributed by atoms with Gasteiger partial charge in [0.25, 0.3) is 0 Å². The Morgan fingerprint density at radius 3 is 2.44 bits per heavy atom. The van der Waals surface area contributed by atoms with E-state index < -0.39 is 5.60 Å². The lowest BCUT2D eigenvalue weighted by atomic mass is 9.44. The Morgan fingerprint density at radius 2 is 1.67 bits per heavy atom. The second kappa shape index (κ2) is 7.31. The van der Waals surface area contributed by atoms with E-state index in [1.807, 2.05) is 0 Å². The molecule has 4 saturated carbocycles. The lowest BCUT2D eigenvalue weighted by Gasteiger charge is -2.61. The summed E-state index contributed by atoms with van der Waals surface area (Å²) in [6.45, 7) is 7.68. The summed E-state index contributed by atoms with van der Waals surface area (Å²) in [5, 5.41) is 21.1. The number of unbranched alkanes of at least 4 members (excludes halogenated alkanes) is 1. The van der Waals surface area contributed by atoms with Crippen molar-refractivity contribution in [2.45, 2.75) is 110 Å². The van der Waals surface area contributed by atoms with Crippen LogP contribution in [0.4, 0.5) is 0 Å². The van der Waals surface area contributed by atoms with E-state index in [0.717, 1.165) is 49.4 Å². The van der Waals surface area contributed by atoms with Gasteiger partial charge in [0.2, 0.25) is 0 Å². The standard InChI is InChI=1S/C25H44O2/c1-18(8-5-7-17-26)25(27)16-13-22-20-11-10-19-9-4-6-14-23(19,2)21(20)12-15-24(22,25)3/h18-22,26-27H,4-17H2,1-3H3/t18-,19?,20-,21+,22+,23+,24+,25+/m1/s1. The molecule has 0 aromatic heterocycles. The van der Waals surface area contributed by atoms with Crippen LogP contribution in [0, 0.1) is 40.4 Å². The summed E-state index contributed by atoms with van der Waals surface area (Å²) in [6, 6.07) is 0. The molecule has 4 rings (SSSR count). The van der Waals surface area contributed by atoms with Crippen molar-refractivity contribution in [1.29, 1.82) is 0 Å². The summed E-state index contributed by atoms with van der Waals surface area (Å²) in [5.41, 5.74) is 0.225. The lowest BCUT2D eigenvalue weighted by Crippen LogP contribution is -2.57. The van der Waals surface area contributed by atoms with E-state index in [0.29, 0.717) is 11.3 Å². The second-order valence-corrected chi connectivity index (χ2v) is 11.4. The summed E-state index contributed by atoms with van der Waals surface area (Å²) in [4.78, 5) is 0. The number of fused-ring (bicyclic) bond motifs is 5. The third-order valence-electron chi connectivity index (χ3n) is 10.7. The molecule has 4 fully saturated rings. The third kappa shape index (κ3) is 2.95. The Bertz CT molecular complexity index is 532. The molecule has 156 valence electrons. The average molecular weight is 377 g/mol. The van der Waals surface area contributed by atoms with Gasteiger partial charge >= 0.3 is 0 Å². The molecule has 0 aromatic rings. The molecule has 2 N–H and O–H groups in total. The van der Waals surface area contributed by atoms with Gasteiger partial charge in [-0.2, -0.15) is 0 Å². The molecule has 0 aliphatic heterocycles. The Balaban J connectivity index is 1.54. The number of aliphatic hydroxyl groups is 2. The quantitative estimate of drug-likeness (QED) is 0.582. The average Bonchev–Trinajstić information content (AvgIpc) is 2.94. The number of hydrogen-bond acceptors (Lipinski definition) is 2. The fraction of sp³-hybridized carbons (Fsp3) is 1.00. The van der Waals surface area contributed by atoms with Crippen molar-refractivity contribution in [3.05, 3.63) is 0 Å². The maximum atomic E-state index is 11.9. The first-order valence-electron chi connectivity index (χ1n) is 12.2. The van der Waals surface area contributed by atoms with Crippen LogP contribution < -0.4 is 0 Å². The van der Waals surface area contributed by atoms with Gasteiger partial charge in [-0.25, -0.2) is 0 Å². The number of aliphatic hydroxyl groups excluding tert-OH is 1. The summed E-state index contributed by atoms with van der Waals surface area (Å²) in [7, 11) is 0.